The molecular weight excluding hydrogens is 286 g/mol. The maximum atomic E-state index is 11.4. The third kappa shape index (κ3) is 4.09. The van der Waals surface area contributed by atoms with Crippen LogP contribution in [-0.2, 0) is 17.6 Å². The van der Waals surface area contributed by atoms with Crippen LogP contribution in [0.4, 0.5) is 5.82 Å². The fraction of sp³-hybridized carbons (Fsp3) is 0.368. The van der Waals surface area contributed by atoms with Gasteiger partial charge in [-0.1, -0.05) is 36.4 Å². The van der Waals surface area contributed by atoms with Gasteiger partial charge in [-0.2, -0.15) is 0 Å². The molecule has 2 heterocycles. The molecule has 120 valence electrons. The number of anilines is 1. The highest BCUT2D eigenvalue weighted by Gasteiger charge is 2.19. The van der Waals surface area contributed by atoms with Gasteiger partial charge in [-0.05, 0) is 30.5 Å². The molecule has 0 N–H and O–H groups in total. The summed E-state index contributed by atoms with van der Waals surface area (Å²) in [5.74, 6) is 1.19. The second-order valence-corrected chi connectivity index (χ2v) is 5.97. The molecule has 1 fully saturated rings. The summed E-state index contributed by atoms with van der Waals surface area (Å²) in [5, 5.41) is 0. The summed E-state index contributed by atoms with van der Waals surface area (Å²) < 4.78 is 0. The van der Waals surface area contributed by atoms with Crippen LogP contribution in [-0.4, -0.2) is 42.0 Å². The van der Waals surface area contributed by atoms with E-state index >= 15 is 0 Å². The minimum Gasteiger partial charge on any atom is -0.353 e. The Labute approximate surface area is 137 Å². The number of hydrogen-bond donors (Lipinski definition) is 0. The number of carbonyl (C=O) groups excluding carboxylic acids is 1. The molecule has 0 aliphatic carbocycles. The molecule has 2 aromatic rings. The van der Waals surface area contributed by atoms with Crippen LogP contribution in [0, 0.1) is 0 Å². The fourth-order valence-electron chi connectivity index (χ4n) is 2.95. The number of pyridine rings is 1. The molecule has 0 bridgehead atoms. The number of nitrogens with zero attached hydrogens (tertiary/aromatic N) is 3. The summed E-state index contributed by atoms with van der Waals surface area (Å²) in [4.78, 5) is 20.4. The van der Waals surface area contributed by atoms with Gasteiger partial charge in [0.2, 0.25) is 5.91 Å². The van der Waals surface area contributed by atoms with Gasteiger partial charge in [-0.15, -0.1) is 0 Å². The maximum Gasteiger partial charge on any atom is 0.219 e. The Morgan fingerprint density at radius 1 is 0.957 bits per heavy atom. The molecule has 1 aromatic carbocycles. The number of amides is 1. The average molecular weight is 309 g/mol. The van der Waals surface area contributed by atoms with Crippen molar-refractivity contribution < 1.29 is 4.79 Å². The molecule has 0 saturated carbocycles. The van der Waals surface area contributed by atoms with Crippen LogP contribution in [0.5, 0.6) is 0 Å². The minimum absolute atomic E-state index is 0.161. The van der Waals surface area contributed by atoms with Crippen molar-refractivity contribution in [2.45, 2.75) is 19.8 Å². The molecule has 1 saturated heterocycles. The Morgan fingerprint density at radius 2 is 1.70 bits per heavy atom. The molecule has 3 rings (SSSR count). The maximum absolute atomic E-state index is 11.4. The number of aromatic nitrogens is 1. The first-order chi connectivity index (χ1) is 11.2. The lowest BCUT2D eigenvalue weighted by atomic mass is 10.1. The molecule has 0 radical (unpaired) electrons. The van der Waals surface area contributed by atoms with Gasteiger partial charge in [-0.3, -0.25) is 4.79 Å². The number of rotatable bonds is 4. The van der Waals surface area contributed by atoms with Gasteiger partial charge in [0.1, 0.15) is 5.82 Å². The molecular formula is C19H23N3O. The zero-order chi connectivity index (χ0) is 16.1. The molecule has 1 aliphatic heterocycles. The Morgan fingerprint density at radius 3 is 2.39 bits per heavy atom. The summed E-state index contributed by atoms with van der Waals surface area (Å²) in [7, 11) is 0. The third-order valence-electron chi connectivity index (χ3n) is 4.35. The van der Waals surface area contributed by atoms with Gasteiger partial charge < -0.3 is 9.80 Å². The van der Waals surface area contributed by atoms with Crippen molar-refractivity contribution in [1.29, 1.82) is 0 Å². The number of piperazine rings is 1. The quantitative estimate of drug-likeness (QED) is 0.871. The van der Waals surface area contributed by atoms with E-state index in [9.17, 15) is 4.79 Å². The van der Waals surface area contributed by atoms with Gasteiger partial charge >= 0.3 is 0 Å². The van der Waals surface area contributed by atoms with E-state index in [4.69, 9.17) is 4.98 Å². The van der Waals surface area contributed by atoms with E-state index in [0.717, 1.165) is 50.5 Å². The fourth-order valence-corrected chi connectivity index (χ4v) is 2.95. The molecule has 23 heavy (non-hydrogen) atoms. The summed E-state index contributed by atoms with van der Waals surface area (Å²) in [5.41, 5.74) is 2.47. The van der Waals surface area contributed by atoms with Crippen molar-refractivity contribution in [2.24, 2.45) is 0 Å². The summed E-state index contributed by atoms with van der Waals surface area (Å²) >= 11 is 0. The highest BCUT2D eigenvalue weighted by Crippen LogP contribution is 2.15. The summed E-state index contributed by atoms with van der Waals surface area (Å²) in [6.07, 6.45) is 1.96. The van der Waals surface area contributed by atoms with Crippen LogP contribution in [0.15, 0.2) is 48.5 Å². The van der Waals surface area contributed by atoms with Gasteiger partial charge in [0.25, 0.3) is 0 Å². The second-order valence-electron chi connectivity index (χ2n) is 5.97. The van der Waals surface area contributed by atoms with Crippen LogP contribution in [0.1, 0.15) is 18.2 Å². The number of benzene rings is 1. The minimum atomic E-state index is 0.161. The van der Waals surface area contributed by atoms with Crippen molar-refractivity contribution in [3.63, 3.8) is 0 Å². The lowest BCUT2D eigenvalue weighted by molar-refractivity contribution is -0.129. The first kappa shape index (κ1) is 15.5. The molecule has 4 heteroatoms. The lowest BCUT2D eigenvalue weighted by Gasteiger charge is -2.35. The molecule has 1 aliphatic rings. The van der Waals surface area contributed by atoms with Crippen LogP contribution in [0.25, 0.3) is 0 Å². The normalized spacial score (nSPS) is 14.8. The lowest BCUT2D eigenvalue weighted by Crippen LogP contribution is -2.48. The van der Waals surface area contributed by atoms with E-state index < -0.39 is 0 Å². The van der Waals surface area contributed by atoms with Crippen LogP contribution in [0.3, 0.4) is 0 Å². The average Bonchev–Trinajstić information content (AvgIpc) is 2.61. The van der Waals surface area contributed by atoms with E-state index in [-0.39, 0.29) is 5.91 Å². The molecule has 0 unspecified atom stereocenters. The topological polar surface area (TPSA) is 36.4 Å². The van der Waals surface area contributed by atoms with Crippen molar-refractivity contribution in [3.8, 4) is 0 Å². The second kappa shape index (κ2) is 7.27. The Balaban J connectivity index is 1.60. The van der Waals surface area contributed by atoms with Gasteiger partial charge in [0.05, 0.1) is 0 Å². The number of aryl methyl sites for hydroxylation is 2. The first-order valence-corrected chi connectivity index (χ1v) is 8.23. The molecule has 1 aromatic heterocycles. The van der Waals surface area contributed by atoms with Crippen LogP contribution >= 0.6 is 0 Å². The Kier molecular flexibility index (Phi) is 4.91. The number of hydrogen-bond acceptors (Lipinski definition) is 3. The Bertz CT molecular complexity index is 649. The molecule has 0 spiro atoms. The van der Waals surface area contributed by atoms with Crippen molar-refractivity contribution in [2.75, 3.05) is 31.1 Å². The van der Waals surface area contributed by atoms with E-state index in [1.54, 1.807) is 6.92 Å². The highest BCUT2D eigenvalue weighted by molar-refractivity contribution is 5.73. The van der Waals surface area contributed by atoms with Gasteiger partial charge in [-0.25, -0.2) is 4.98 Å². The van der Waals surface area contributed by atoms with E-state index in [2.05, 4.69) is 47.4 Å². The van der Waals surface area contributed by atoms with Crippen molar-refractivity contribution >= 4 is 11.7 Å². The third-order valence-corrected chi connectivity index (χ3v) is 4.35. The monoisotopic (exact) mass is 309 g/mol. The van der Waals surface area contributed by atoms with E-state index in [0.29, 0.717) is 0 Å². The van der Waals surface area contributed by atoms with Crippen molar-refractivity contribution in [3.05, 3.63) is 59.8 Å². The number of carbonyl (C=O) groups is 1. The highest BCUT2D eigenvalue weighted by atomic mass is 16.2. The van der Waals surface area contributed by atoms with Crippen LogP contribution < -0.4 is 4.90 Å². The standard InChI is InChI=1S/C19H23N3O/c1-16(23)21-12-14-22(15-13-21)19-9-5-8-18(20-19)11-10-17-6-3-2-4-7-17/h2-9H,10-15H2,1H3. The zero-order valence-electron chi connectivity index (χ0n) is 13.6. The zero-order valence-corrected chi connectivity index (χ0v) is 13.6. The van der Waals surface area contributed by atoms with Gasteiger partial charge in [0.15, 0.2) is 0 Å². The summed E-state index contributed by atoms with van der Waals surface area (Å²) in [6, 6.07) is 16.8. The first-order valence-electron chi connectivity index (χ1n) is 8.23. The smallest absolute Gasteiger partial charge is 0.219 e. The van der Waals surface area contributed by atoms with E-state index in [1.807, 2.05) is 11.0 Å². The Hall–Kier alpha value is -2.36. The predicted molar refractivity (Wildman–Crippen MR) is 92.6 cm³/mol. The molecule has 0 atom stereocenters. The van der Waals surface area contributed by atoms with Crippen molar-refractivity contribution in [1.82, 2.24) is 9.88 Å². The predicted octanol–water partition coefficient (Wildman–Crippen LogP) is 2.54. The van der Waals surface area contributed by atoms with E-state index in [1.165, 1.54) is 5.56 Å². The molecule has 1 amide bonds. The van der Waals surface area contributed by atoms with Crippen LogP contribution in [0.2, 0.25) is 0 Å². The van der Waals surface area contributed by atoms with Gasteiger partial charge in [0, 0.05) is 38.8 Å². The molecule has 4 nitrogen and oxygen atoms in total. The largest absolute Gasteiger partial charge is 0.353 e. The SMILES string of the molecule is CC(=O)N1CCN(c2cccc(CCc3ccccc3)n2)CC1. The summed E-state index contributed by atoms with van der Waals surface area (Å²) in [6.45, 7) is 4.91.